The highest BCUT2D eigenvalue weighted by Gasteiger charge is 2.42. The first-order valence-electron chi connectivity index (χ1n) is 9.90. The number of rotatable bonds is 6. The van der Waals surface area contributed by atoms with Gasteiger partial charge in [0, 0.05) is 23.3 Å². The van der Waals surface area contributed by atoms with Gasteiger partial charge in [-0.1, -0.05) is 48.0 Å². The Morgan fingerprint density at radius 3 is 2.26 bits per heavy atom. The highest BCUT2D eigenvalue weighted by atomic mass is 35.5. The second-order valence-corrected chi connectivity index (χ2v) is 7.39. The van der Waals surface area contributed by atoms with Crippen LogP contribution in [0, 0.1) is 0 Å². The van der Waals surface area contributed by atoms with Gasteiger partial charge in [0.1, 0.15) is 11.4 Å². The number of nitrogens with zero attached hydrogens (tertiary/aromatic N) is 2. The van der Waals surface area contributed by atoms with Crippen LogP contribution in [0.3, 0.4) is 0 Å². The number of amides is 2. The Morgan fingerprint density at radius 2 is 1.61 bits per heavy atom. The number of anilines is 2. The average Bonchev–Trinajstić information content (AvgIpc) is 3.06. The third-order valence-electron chi connectivity index (χ3n) is 5.16. The summed E-state index contributed by atoms with van der Waals surface area (Å²) in [4.78, 5) is 30.4. The van der Waals surface area contributed by atoms with Crippen LogP contribution in [0.25, 0.3) is 5.57 Å². The number of methoxy groups -OCH3 is 1. The summed E-state index contributed by atoms with van der Waals surface area (Å²) in [5.41, 5.74) is 2.61. The second-order valence-electron chi connectivity index (χ2n) is 6.96. The van der Waals surface area contributed by atoms with Crippen LogP contribution in [0.5, 0.6) is 5.75 Å². The van der Waals surface area contributed by atoms with Crippen LogP contribution in [-0.2, 0) is 9.59 Å². The SMILES string of the molecule is CCN(C1=C(c2ccc(Cl)cc2)C(=O)N(c2cccc(OC)c2)C1=O)c1ccccc1. The van der Waals surface area contributed by atoms with Gasteiger partial charge < -0.3 is 9.64 Å². The minimum atomic E-state index is -0.384. The molecule has 0 bridgehead atoms. The van der Waals surface area contributed by atoms with Crippen molar-refractivity contribution in [2.75, 3.05) is 23.5 Å². The van der Waals surface area contributed by atoms with Gasteiger partial charge in [-0.05, 0) is 48.9 Å². The summed E-state index contributed by atoms with van der Waals surface area (Å²) in [7, 11) is 1.55. The molecule has 156 valence electrons. The zero-order valence-corrected chi connectivity index (χ0v) is 18.0. The minimum Gasteiger partial charge on any atom is -0.497 e. The molecule has 6 heteroatoms. The Kier molecular flexibility index (Phi) is 5.78. The molecule has 0 atom stereocenters. The van der Waals surface area contributed by atoms with Gasteiger partial charge in [-0.15, -0.1) is 0 Å². The molecule has 0 radical (unpaired) electrons. The smallest absolute Gasteiger partial charge is 0.282 e. The molecular formula is C25H21ClN2O3. The second kappa shape index (κ2) is 8.66. The van der Waals surface area contributed by atoms with Crippen molar-refractivity contribution in [1.29, 1.82) is 0 Å². The van der Waals surface area contributed by atoms with Gasteiger partial charge in [0.25, 0.3) is 11.8 Å². The standard InChI is InChI=1S/C25H21ClN2O3/c1-3-27(19-8-5-4-6-9-19)23-22(17-12-14-18(26)15-13-17)24(29)28(25(23)30)20-10-7-11-21(16-20)31-2/h4-16H,3H2,1-2H3. The number of carbonyl (C=O) groups is 2. The van der Waals surface area contributed by atoms with E-state index in [4.69, 9.17) is 16.3 Å². The molecule has 0 aromatic heterocycles. The van der Waals surface area contributed by atoms with E-state index in [2.05, 4.69) is 0 Å². The molecule has 0 spiro atoms. The number of imide groups is 1. The molecule has 1 aliphatic rings. The maximum Gasteiger partial charge on any atom is 0.282 e. The summed E-state index contributed by atoms with van der Waals surface area (Å²) >= 11 is 6.06. The number of para-hydroxylation sites is 1. The summed E-state index contributed by atoms with van der Waals surface area (Å²) in [6.07, 6.45) is 0. The van der Waals surface area contributed by atoms with E-state index in [0.717, 1.165) is 5.69 Å². The number of benzene rings is 3. The lowest BCUT2D eigenvalue weighted by molar-refractivity contribution is -0.120. The van der Waals surface area contributed by atoms with E-state index >= 15 is 0 Å². The topological polar surface area (TPSA) is 49.9 Å². The number of ether oxygens (including phenoxy) is 1. The highest BCUT2D eigenvalue weighted by molar-refractivity contribution is 6.46. The molecule has 3 aromatic rings. The van der Waals surface area contributed by atoms with Gasteiger partial charge >= 0.3 is 0 Å². The van der Waals surface area contributed by atoms with Crippen molar-refractivity contribution in [3.05, 3.63) is 95.1 Å². The molecule has 5 nitrogen and oxygen atoms in total. The van der Waals surface area contributed by atoms with Gasteiger partial charge in [-0.25, -0.2) is 4.90 Å². The van der Waals surface area contributed by atoms with Crippen LogP contribution in [-0.4, -0.2) is 25.5 Å². The molecule has 0 saturated heterocycles. The first kappa shape index (κ1) is 20.7. The van der Waals surface area contributed by atoms with Gasteiger partial charge in [-0.2, -0.15) is 0 Å². The molecule has 4 rings (SSSR count). The lowest BCUT2D eigenvalue weighted by atomic mass is 10.0. The third-order valence-corrected chi connectivity index (χ3v) is 5.41. The normalized spacial score (nSPS) is 13.7. The van der Waals surface area contributed by atoms with Crippen molar-refractivity contribution >= 4 is 40.4 Å². The quantitative estimate of drug-likeness (QED) is 0.505. The zero-order valence-electron chi connectivity index (χ0n) is 17.2. The third kappa shape index (κ3) is 3.80. The van der Waals surface area contributed by atoms with E-state index in [0.29, 0.717) is 39.8 Å². The average molecular weight is 433 g/mol. The Bertz CT molecular complexity index is 1160. The fourth-order valence-electron chi connectivity index (χ4n) is 3.71. The number of hydrogen-bond acceptors (Lipinski definition) is 4. The first-order chi connectivity index (χ1) is 15.0. The molecule has 0 N–H and O–H groups in total. The van der Waals surface area contributed by atoms with E-state index in [9.17, 15) is 9.59 Å². The van der Waals surface area contributed by atoms with Crippen LogP contribution in [0.4, 0.5) is 11.4 Å². The Balaban J connectivity index is 1.90. The van der Waals surface area contributed by atoms with E-state index in [1.807, 2.05) is 42.2 Å². The molecule has 0 fully saturated rings. The summed E-state index contributed by atoms with van der Waals surface area (Å²) < 4.78 is 5.29. The fourth-order valence-corrected chi connectivity index (χ4v) is 3.83. The predicted octanol–water partition coefficient (Wildman–Crippen LogP) is 5.16. The minimum absolute atomic E-state index is 0.337. The van der Waals surface area contributed by atoms with E-state index in [1.165, 1.54) is 4.90 Å². The lowest BCUT2D eigenvalue weighted by Crippen LogP contribution is -2.35. The summed E-state index contributed by atoms with van der Waals surface area (Å²) in [6, 6.07) is 23.4. The molecular weight excluding hydrogens is 412 g/mol. The molecule has 0 unspecified atom stereocenters. The Labute approximate surface area is 186 Å². The number of likely N-dealkylation sites (N-methyl/N-ethyl adjacent to an activating group) is 1. The van der Waals surface area contributed by atoms with E-state index < -0.39 is 0 Å². The summed E-state index contributed by atoms with van der Waals surface area (Å²) in [5, 5.41) is 0.558. The molecule has 3 aromatic carbocycles. The summed E-state index contributed by atoms with van der Waals surface area (Å²) in [5.74, 6) is -0.200. The van der Waals surface area contributed by atoms with Crippen LogP contribution in [0.1, 0.15) is 12.5 Å². The number of hydrogen-bond donors (Lipinski definition) is 0. The van der Waals surface area contributed by atoms with Crippen molar-refractivity contribution in [1.82, 2.24) is 0 Å². The van der Waals surface area contributed by atoms with Crippen molar-refractivity contribution in [2.24, 2.45) is 0 Å². The molecule has 0 aliphatic carbocycles. The largest absolute Gasteiger partial charge is 0.497 e. The van der Waals surface area contributed by atoms with Gasteiger partial charge in [0.05, 0.1) is 18.4 Å². The maximum absolute atomic E-state index is 13.7. The van der Waals surface area contributed by atoms with Crippen molar-refractivity contribution in [3.8, 4) is 5.75 Å². The maximum atomic E-state index is 13.7. The van der Waals surface area contributed by atoms with Gasteiger partial charge in [-0.3, -0.25) is 9.59 Å². The fraction of sp³-hybridized carbons (Fsp3) is 0.120. The lowest BCUT2D eigenvalue weighted by Gasteiger charge is -2.25. The van der Waals surface area contributed by atoms with Crippen LogP contribution in [0.15, 0.2) is 84.6 Å². The molecule has 1 aliphatic heterocycles. The molecule has 0 saturated carbocycles. The van der Waals surface area contributed by atoms with Crippen LogP contribution < -0.4 is 14.5 Å². The van der Waals surface area contributed by atoms with Gasteiger partial charge in [0.15, 0.2) is 0 Å². The van der Waals surface area contributed by atoms with Crippen molar-refractivity contribution < 1.29 is 14.3 Å². The van der Waals surface area contributed by atoms with Crippen LogP contribution in [0.2, 0.25) is 5.02 Å². The summed E-state index contributed by atoms with van der Waals surface area (Å²) in [6.45, 7) is 2.47. The Hall–Kier alpha value is -3.57. The van der Waals surface area contributed by atoms with Crippen molar-refractivity contribution in [2.45, 2.75) is 6.92 Å². The zero-order chi connectivity index (χ0) is 22.0. The number of carbonyl (C=O) groups excluding carboxylic acids is 2. The monoisotopic (exact) mass is 432 g/mol. The number of halogens is 1. The molecule has 2 amide bonds. The van der Waals surface area contributed by atoms with Crippen molar-refractivity contribution in [3.63, 3.8) is 0 Å². The first-order valence-corrected chi connectivity index (χ1v) is 10.3. The van der Waals surface area contributed by atoms with E-state index in [1.54, 1.807) is 55.6 Å². The van der Waals surface area contributed by atoms with Gasteiger partial charge in [0.2, 0.25) is 0 Å². The van der Waals surface area contributed by atoms with E-state index in [-0.39, 0.29) is 11.8 Å². The molecule has 1 heterocycles. The molecule has 31 heavy (non-hydrogen) atoms. The Morgan fingerprint density at radius 1 is 0.903 bits per heavy atom. The highest BCUT2D eigenvalue weighted by Crippen LogP contribution is 2.37. The predicted molar refractivity (Wildman–Crippen MR) is 123 cm³/mol. The van der Waals surface area contributed by atoms with Crippen LogP contribution >= 0.6 is 11.6 Å².